The second-order valence-electron chi connectivity index (χ2n) is 2.24. The second kappa shape index (κ2) is 4.56. The van der Waals surface area contributed by atoms with E-state index in [1.165, 1.54) is 0 Å². The van der Waals surface area contributed by atoms with Gasteiger partial charge in [-0.2, -0.15) is 0 Å². The number of phenols is 1. The fourth-order valence-electron chi connectivity index (χ4n) is 0.806. The number of aromatic hydroxyl groups is 1. The van der Waals surface area contributed by atoms with Gasteiger partial charge >= 0.3 is 0 Å². The lowest BCUT2D eigenvalue weighted by Gasteiger charge is -1.99. The van der Waals surface area contributed by atoms with Crippen LogP contribution < -0.4 is 0 Å². The minimum absolute atomic E-state index is 0.414. The average Bonchev–Trinajstić information content (AvgIpc) is 2.04. The first-order valence-corrected chi connectivity index (χ1v) is 3.47. The zero-order valence-corrected chi connectivity index (χ0v) is 7.09. The number of rotatable bonds is 0. The van der Waals surface area contributed by atoms with Gasteiger partial charge in [-0.25, -0.2) is 0 Å². The van der Waals surface area contributed by atoms with E-state index in [1.807, 2.05) is 32.0 Å². The number of hydrogen-bond donors (Lipinski definition) is 1. The summed E-state index contributed by atoms with van der Waals surface area (Å²) in [5.41, 5.74) is 1.88. The lowest BCUT2D eigenvalue weighted by atomic mass is 10.1. The van der Waals surface area contributed by atoms with Crippen LogP contribution in [0.4, 0.5) is 0 Å². The highest BCUT2D eigenvalue weighted by Gasteiger charge is 1.95. The molecule has 1 nitrogen and oxygen atoms in total. The molecule has 0 amide bonds. The highest BCUT2D eigenvalue weighted by molar-refractivity contribution is 5.37. The molecule has 1 aromatic rings. The Morgan fingerprint density at radius 3 is 1.73 bits per heavy atom. The van der Waals surface area contributed by atoms with Gasteiger partial charge in [0.15, 0.2) is 0 Å². The van der Waals surface area contributed by atoms with Crippen molar-refractivity contribution in [3.8, 4) is 5.75 Å². The third-order valence-electron chi connectivity index (χ3n) is 1.44. The van der Waals surface area contributed by atoms with Gasteiger partial charge in [-0.15, -0.1) is 13.2 Å². The summed E-state index contributed by atoms with van der Waals surface area (Å²) in [6.45, 7) is 9.78. The zero-order valence-electron chi connectivity index (χ0n) is 7.09. The molecule has 0 spiro atoms. The average molecular weight is 150 g/mol. The summed E-state index contributed by atoms with van der Waals surface area (Å²) in [7, 11) is 0. The third kappa shape index (κ3) is 2.46. The summed E-state index contributed by atoms with van der Waals surface area (Å²) in [4.78, 5) is 0. The SMILES string of the molecule is C=C.Cc1cccc(C)c1O. The van der Waals surface area contributed by atoms with Crippen LogP contribution in [0.5, 0.6) is 5.75 Å². The normalized spacial score (nSPS) is 8.18. The van der Waals surface area contributed by atoms with E-state index >= 15 is 0 Å². The minimum Gasteiger partial charge on any atom is -0.507 e. The molecule has 0 heterocycles. The molecule has 0 unspecified atom stereocenters. The van der Waals surface area contributed by atoms with Crippen LogP contribution in [-0.2, 0) is 0 Å². The molecular formula is C10H14O. The third-order valence-corrected chi connectivity index (χ3v) is 1.44. The first-order chi connectivity index (χ1) is 5.22. The van der Waals surface area contributed by atoms with E-state index in [9.17, 15) is 5.11 Å². The molecule has 1 rings (SSSR count). The van der Waals surface area contributed by atoms with Crippen molar-refractivity contribution >= 4 is 0 Å². The van der Waals surface area contributed by atoms with E-state index in [2.05, 4.69) is 13.2 Å². The molecule has 1 N–H and O–H groups in total. The Morgan fingerprint density at radius 2 is 1.45 bits per heavy atom. The first kappa shape index (κ1) is 9.76. The summed E-state index contributed by atoms with van der Waals surface area (Å²) >= 11 is 0. The van der Waals surface area contributed by atoms with Crippen molar-refractivity contribution in [2.75, 3.05) is 0 Å². The van der Waals surface area contributed by atoms with Gasteiger partial charge in [0, 0.05) is 0 Å². The first-order valence-electron chi connectivity index (χ1n) is 3.47. The summed E-state index contributed by atoms with van der Waals surface area (Å²) in [6, 6.07) is 5.72. The molecule has 0 aliphatic rings. The maximum atomic E-state index is 9.21. The lowest BCUT2D eigenvalue weighted by Crippen LogP contribution is -1.76. The quantitative estimate of drug-likeness (QED) is 0.564. The van der Waals surface area contributed by atoms with Gasteiger partial charge in [-0.05, 0) is 25.0 Å². The van der Waals surface area contributed by atoms with Crippen LogP contribution in [0.25, 0.3) is 0 Å². The van der Waals surface area contributed by atoms with Crippen LogP contribution in [0.15, 0.2) is 31.4 Å². The Morgan fingerprint density at radius 1 is 1.09 bits per heavy atom. The second-order valence-corrected chi connectivity index (χ2v) is 2.24. The summed E-state index contributed by atoms with van der Waals surface area (Å²) in [5.74, 6) is 0.414. The maximum Gasteiger partial charge on any atom is 0.121 e. The van der Waals surface area contributed by atoms with Gasteiger partial charge in [0.2, 0.25) is 0 Å². The molecule has 0 fully saturated rings. The molecule has 0 aliphatic heterocycles. The van der Waals surface area contributed by atoms with E-state index in [4.69, 9.17) is 0 Å². The van der Waals surface area contributed by atoms with Gasteiger partial charge in [-0.1, -0.05) is 18.2 Å². The maximum absolute atomic E-state index is 9.21. The predicted octanol–water partition coefficient (Wildman–Crippen LogP) is 2.81. The van der Waals surface area contributed by atoms with Crippen molar-refractivity contribution < 1.29 is 5.11 Å². The largest absolute Gasteiger partial charge is 0.507 e. The molecule has 0 saturated heterocycles. The van der Waals surface area contributed by atoms with Crippen molar-refractivity contribution in [2.24, 2.45) is 0 Å². The van der Waals surface area contributed by atoms with Gasteiger partial charge in [0.05, 0.1) is 0 Å². The molecule has 0 radical (unpaired) electrons. The van der Waals surface area contributed by atoms with Crippen LogP contribution >= 0.6 is 0 Å². The van der Waals surface area contributed by atoms with Crippen molar-refractivity contribution in [1.82, 2.24) is 0 Å². The summed E-state index contributed by atoms with van der Waals surface area (Å²) in [5, 5.41) is 9.21. The number of hydrogen-bond acceptors (Lipinski definition) is 1. The fraction of sp³-hybridized carbons (Fsp3) is 0.200. The summed E-state index contributed by atoms with van der Waals surface area (Å²) < 4.78 is 0. The fourth-order valence-corrected chi connectivity index (χ4v) is 0.806. The number of aryl methyl sites for hydroxylation is 2. The molecule has 0 bridgehead atoms. The number of phenolic OH excluding ortho intramolecular Hbond substituents is 1. The van der Waals surface area contributed by atoms with Gasteiger partial charge < -0.3 is 5.11 Å². The van der Waals surface area contributed by atoms with Crippen molar-refractivity contribution in [3.63, 3.8) is 0 Å². The monoisotopic (exact) mass is 150 g/mol. The van der Waals surface area contributed by atoms with Crippen molar-refractivity contribution in [1.29, 1.82) is 0 Å². The molecule has 11 heavy (non-hydrogen) atoms. The van der Waals surface area contributed by atoms with Gasteiger partial charge in [0.25, 0.3) is 0 Å². The molecule has 1 heteroatoms. The van der Waals surface area contributed by atoms with E-state index in [-0.39, 0.29) is 0 Å². The van der Waals surface area contributed by atoms with Crippen LogP contribution in [0, 0.1) is 13.8 Å². The molecular weight excluding hydrogens is 136 g/mol. The molecule has 1 aromatic carbocycles. The van der Waals surface area contributed by atoms with E-state index < -0.39 is 0 Å². The van der Waals surface area contributed by atoms with Crippen LogP contribution in [0.3, 0.4) is 0 Å². The highest BCUT2D eigenvalue weighted by Crippen LogP contribution is 2.19. The summed E-state index contributed by atoms with van der Waals surface area (Å²) in [6.07, 6.45) is 0. The Bertz CT molecular complexity index is 208. The Balaban J connectivity index is 0.000000461. The number of benzene rings is 1. The molecule has 60 valence electrons. The van der Waals surface area contributed by atoms with E-state index in [1.54, 1.807) is 0 Å². The zero-order chi connectivity index (χ0) is 8.85. The van der Waals surface area contributed by atoms with Gasteiger partial charge in [-0.3, -0.25) is 0 Å². The van der Waals surface area contributed by atoms with Crippen LogP contribution in [-0.4, -0.2) is 5.11 Å². The Labute approximate surface area is 68.0 Å². The van der Waals surface area contributed by atoms with E-state index in [0.717, 1.165) is 11.1 Å². The van der Waals surface area contributed by atoms with Crippen molar-refractivity contribution in [3.05, 3.63) is 42.5 Å². The molecule has 0 aromatic heterocycles. The molecule has 0 saturated carbocycles. The molecule has 0 atom stereocenters. The standard InChI is InChI=1S/C8H10O.C2H4/c1-6-4-3-5-7(2)8(6)9;1-2/h3-5,9H,1-2H3;1-2H2. The van der Waals surface area contributed by atoms with Crippen molar-refractivity contribution in [2.45, 2.75) is 13.8 Å². The Kier molecular flexibility index (Phi) is 4.04. The predicted molar refractivity (Wildman–Crippen MR) is 48.8 cm³/mol. The minimum atomic E-state index is 0.414. The number of para-hydroxylation sites is 1. The lowest BCUT2D eigenvalue weighted by molar-refractivity contribution is 0.467. The van der Waals surface area contributed by atoms with Crippen LogP contribution in [0.1, 0.15) is 11.1 Å². The highest BCUT2D eigenvalue weighted by atomic mass is 16.3. The smallest absolute Gasteiger partial charge is 0.121 e. The van der Waals surface area contributed by atoms with E-state index in [0.29, 0.717) is 5.75 Å². The van der Waals surface area contributed by atoms with Gasteiger partial charge in [0.1, 0.15) is 5.75 Å². The topological polar surface area (TPSA) is 20.2 Å². The molecule has 0 aliphatic carbocycles. The van der Waals surface area contributed by atoms with Crippen LogP contribution in [0.2, 0.25) is 0 Å². The Hall–Kier alpha value is -1.24.